The molecule has 0 radical (unpaired) electrons. The summed E-state index contributed by atoms with van der Waals surface area (Å²) < 4.78 is 5.42. The van der Waals surface area contributed by atoms with Gasteiger partial charge in [0, 0.05) is 41.7 Å². The molecule has 2 aromatic rings. The smallest absolute Gasteiger partial charge is 0.310 e. The minimum Gasteiger partial charge on any atom is -0.455 e. The first-order valence-electron chi connectivity index (χ1n) is 9.97. The Morgan fingerprint density at radius 2 is 2.04 bits per heavy atom. The van der Waals surface area contributed by atoms with E-state index in [1.165, 1.54) is 16.8 Å². The number of nitrogens with zero attached hydrogens (tertiary/aromatic N) is 1. The predicted octanol–water partition coefficient (Wildman–Crippen LogP) is 3.83. The average molecular weight is 380 g/mol. The van der Waals surface area contributed by atoms with E-state index in [-0.39, 0.29) is 35.7 Å². The highest BCUT2D eigenvalue weighted by Gasteiger charge is 2.61. The molecule has 2 heterocycles. The highest BCUT2D eigenvalue weighted by Crippen LogP contribution is 2.59. The minimum absolute atomic E-state index is 0.0958. The fraction of sp³-hybridized carbons (Fsp3) is 0.478. The highest BCUT2D eigenvalue weighted by molar-refractivity contribution is 5.87. The number of H-pyrrole nitrogens is 1. The van der Waals surface area contributed by atoms with Crippen LogP contribution in [0.3, 0.4) is 0 Å². The highest BCUT2D eigenvalue weighted by atomic mass is 16.5. The Bertz CT molecular complexity index is 965. The molecule has 1 aliphatic heterocycles. The lowest BCUT2D eigenvalue weighted by Gasteiger charge is -2.27. The van der Waals surface area contributed by atoms with E-state index < -0.39 is 0 Å². The molecule has 0 bridgehead atoms. The maximum atomic E-state index is 12.7. The number of benzene rings is 1. The molecule has 1 aromatic carbocycles. The van der Waals surface area contributed by atoms with E-state index in [0.29, 0.717) is 13.1 Å². The molecule has 4 rings (SSSR count). The summed E-state index contributed by atoms with van der Waals surface area (Å²) in [4.78, 5) is 30.4. The van der Waals surface area contributed by atoms with Crippen LogP contribution >= 0.6 is 0 Å². The Morgan fingerprint density at radius 3 is 2.79 bits per heavy atom. The second kappa shape index (κ2) is 6.80. The summed E-state index contributed by atoms with van der Waals surface area (Å²) in [5, 5.41) is 1.16. The molecule has 0 spiro atoms. The van der Waals surface area contributed by atoms with E-state index in [1.54, 1.807) is 4.90 Å². The topological polar surface area (TPSA) is 62.4 Å². The van der Waals surface area contributed by atoms with Crippen molar-refractivity contribution >= 4 is 22.8 Å². The van der Waals surface area contributed by atoms with E-state index >= 15 is 0 Å². The van der Waals surface area contributed by atoms with Gasteiger partial charge in [-0.2, -0.15) is 0 Å². The van der Waals surface area contributed by atoms with Crippen LogP contribution in [0.4, 0.5) is 0 Å². The lowest BCUT2D eigenvalue weighted by atomic mass is 10.0. The molecule has 28 heavy (non-hydrogen) atoms. The van der Waals surface area contributed by atoms with Gasteiger partial charge in [0.05, 0.1) is 5.92 Å². The number of ether oxygens (including phenoxy) is 1. The Balaban J connectivity index is 1.37. The zero-order valence-electron chi connectivity index (χ0n) is 17.0. The summed E-state index contributed by atoms with van der Waals surface area (Å²) >= 11 is 0. The van der Waals surface area contributed by atoms with Crippen LogP contribution in [0.1, 0.15) is 39.0 Å². The van der Waals surface area contributed by atoms with E-state index in [2.05, 4.69) is 37.0 Å². The number of hydrogen-bond acceptors (Lipinski definition) is 3. The summed E-state index contributed by atoms with van der Waals surface area (Å²) in [5.41, 5.74) is 4.59. The van der Waals surface area contributed by atoms with Gasteiger partial charge in [-0.05, 0) is 31.2 Å². The van der Waals surface area contributed by atoms with E-state index in [4.69, 9.17) is 4.74 Å². The van der Waals surface area contributed by atoms with Gasteiger partial charge < -0.3 is 14.6 Å². The molecule has 5 nitrogen and oxygen atoms in total. The van der Waals surface area contributed by atoms with Crippen LogP contribution in [-0.2, 0) is 27.3 Å². The van der Waals surface area contributed by atoms with Crippen LogP contribution < -0.4 is 0 Å². The maximum Gasteiger partial charge on any atom is 0.310 e. The number of aromatic amines is 1. The third-order valence-corrected chi connectivity index (χ3v) is 6.25. The standard InChI is InChI=1S/C23H28N2O3/c1-14(2)11-17-21(23(17,3)4)22(27)28-13-20(26)25-10-9-19-16(12-25)15-7-5-6-8-18(15)24-19/h5-8,11,17,21,24H,9-10,12-13H2,1-4H3/t17-,21-/m0/s1. The maximum absolute atomic E-state index is 12.7. The van der Waals surface area contributed by atoms with Crippen molar-refractivity contribution in [2.24, 2.45) is 17.3 Å². The molecule has 1 N–H and O–H groups in total. The molecule has 1 saturated carbocycles. The summed E-state index contributed by atoms with van der Waals surface area (Å²) in [5.74, 6) is -0.340. The van der Waals surface area contributed by atoms with Crippen molar-refractivity contribution in [1.82, 2.24) is 9.88 Å². The monoisotopic (exact) mass is 380 g/mol. The molecule has 2 aliphatic rings. The molecule has 1 aromatic heterocycles. The number of nitrogens with one attached hydrogen (secondary N) is 1. The van der Waals surface area contributed by atoms with Gasteiger partial charge in [0.1, 0.15) is 0 Å². The molecular formula is C23H28N2O3. The van der Waals surface area contributed by atoms with Crippen molar-refractivity contribution in [3.8, 4) is 0 Å². The van der Waals surface area contributed by atoms with Crippen LogP contribution in [0.25, 0.3) is 10.9 Å². The van der Waals surface area contributed by atoms with Gasteiger partial charge in [-0.3, -0.25) is 9.59 Å². The Morgan fingerprint density at radius 1 is 1.29 bits per heavy atom. The fourth-order valence-electron chi connectivity index (χ4n) is 4.49. The molecule has 148 valence electrons. The van der Waals surface area contributed by atoms with E-state index in [1.807, 2.05) is 26.0 Å². The van der Waals surface area contributed by atoms with Crippen LogP contribution in [0, 0.1) is 17.3 Å². The molecule has 0 saturated heterocycles. The number of carbonyl (C=O) groups is 2. The number of carbonyl (C=O) groups excluding carboxylic acids is 2. The second-order valence-electron chi connectivity index (χ2n) is 8.87. The normalized spacial score (nSPS) is 22.5. The summed E-state index contributed by atoms with van der Waals surface area (Å²) in [7, 11) is 0. The molecule has 0 unspecified atom stereocenters. The number of para-hydroxylation sites is 1. The quantitative estimate of drug-likeness (QED) is 0.648. The van der Waals surface area contributed by atoms with Crippen molar-refractivity contribution in [3.63, 3.8) is 0 Å². The number of rotatable bonds is 4. The van der Waals surface area contributed by atoms with Crippen molar-refractivity contribution in [2.45, 2.75) is 40.7 Å². The number of amides is 1. The number of esters is 1. The first-order chi connectivity index (χ1) is 13.3. The summed E-state index contributed by atoms with van der Waals surface area (Å²) in [6, 6.07) is 8.16. The predicted molar refractivity (Wildman–Crippen MR) is 109 cm³/mol. The number of fused-ring (bicyclic) bond motifs is 3. The lowest BCUT2D eigenvalue weighted by Crippen LogP contribution is -2.38. The van der Waals surface area contributed by atoms with Crippen LogP contribution in [0.15, 0.2) is 35.9 Å². The number of aromatic nitrogens is 1. The van der Waals surface area contributed by atoms with Gasteiger partial charge in [-0.15, -0.1) is 0 Å². The molecule has 5 heteroatoms. The fourth-order valence-corrected chi connectivity index (χ4v) is 4.49. The van der Waals surface area contributed by atoms with E-state index in [0.717, 1.165) is 17.3 Å². The lowest BCUT2D eigenvalue weighted by molar-refractivity contribution is -0.154. The SMILES string of the molecule is CC(C)=C[C@H]1[C@@H](C(=O)OCC(=O)N2CCc3[nH]c4ccccc4c3C2)C1(C)C. The summed E-state index contributed by atoms with van der Waals surface area (Å²) in [6.07, 6.45) is 2.93. The zero-order chi connectivity index (χ0) is 20.1. The number of allylic oxidation sites excluding steroid dienone is 2. The van der Waals surface area contributed by atoms with Gasteiger partial charge in [0.2, 0.25) is 0 Å². The molecule has 1 amide bonds. The van der Waals surface area contributed by atoms with Crippen molar-refractivity contribution in [3.05, 3.63) is 47.2 Å². The van der Waals surface area contributed by atoms with Crippen molar-refractivity contribution in [1.29, 1.82) is 0 Å². The van der Waals surface area contributed by atoms with Gasteiger partial charge in [-0.25, -0.2) is 0 Å². The first kappa shape index (κ1) is 18.8. The molecule has 1 fully saturated rings. The largest absolute Gasteiger partial charge is 0.455 e. The Hall–Kier alpha value is -2.56. The van der Waals surface area contributed by atoms with Gasteiger partial charge in [0.25, 0.3) is 5.91 Å². The van der Waals surface area contributed by atoms with Crippen molar-refractivity contribution in [2.75, 3.05) is 13.2 Å². The third-order valence-electron chi connectivity index (χ3n) is 6.25. The Labute approximate surface area is 165 Å². The van der Waals surface area contributed by atoms with E-state index in [9.17, 15) is 9.59 Å². The summed E-state index contributed by atoms with van der Waals surface area (Å²) in [6.45, 7) is 9.26. The second-order valence-corrected chi connectivity index (χ2v) is 8.87. The van der Waals surface area contributed by atoms with Crippen LogP contribution in [-0.4, -0.2) is 34.9 Å². The Kier molecular flexibility index (Phi) is 4.56. The number of hydrogen-bond donors (Lipinski definition) is 1. The van der Waals surface area contributed by atoms with Crippen LogP contribution in [0.2, 0.25) is 0 Å². The zero-order valence-corrected chi connectivity index (χ0v) is 17.0. The molecule has 2 atom stereocenters. The van der Waals surface area contributed by atoms with Gasteiger partial charge in [-0.1, -0.05) is 43.7 Å². The average Bonchev–Trinajstić information content (AvgIpc) is 3.01. The van der Waals surface area contributed by atoms with Gasteiger partial charge in [0.15, 0.2) is 6.61 Å². The van der Waals surface area contributed by atoms with Crippen molar-refractivity contribution < 1.29 is 14.3 Å². The first-order valence-corrected chi connectivity index (χ1v) is 9.97. The molecular weight excluding hydrogens is 352 g/mol. The third kappa shape index (κ3) is 3.23. The van der Waals surface area contributed by atoms with Crippen LogP contribution in [0.5, 0.6) is 0 Å². The molecule has 1 aliphatic carbocycles. The minimum atomic E-state index is -0.259. The van der Waals surface area contributed by atoms with Gasteiger partial charge >= 0.3 is 5.97 Å².